The van der Waals surface area contributed by atoms with Gasteiger partial charge in [0, 0.05) is 19.6 Å². The summed E-state index contributed by atoms with van der Waals surface area (Å²) in [6.07, 6.45) is 4.75. The molecule has 0 bridgehead atoms. The fourth-order valence-corrected chi connectivity index (χ4v) is 3.69. The Morgan fingerprint density at radius 3 is 2.57 bits per heavy atom. The van der Waals surface area contributed by atoms with Gasteiger partial charge in [-0.05, 0) is 50.5 Å². The summed E-state index contributed by atoms with van der Waals surface area (Å²) >= 11 is 0. The highest BCUT2D eigenvalue weighted by molar-refractivity contribution is 5.82. The highest BCUT2D eigenvalue weighted by Gasteiger charge is 2.32. The molecule has 126 valence electrons. The maximum absolute atomic E-state index is 12.4. The summed E-state index contributed by atoms with van der Waals surface area (Å²) in [4.78, 5) is 14.4. The Balaban J connectivity index is 1.41. The summed E-state index contributed by atoms with van der Waals surface area (Å²) < 4.78 is 0. The molecule has 2 heterocycles. The van der Waals surface area contributed by atoms with Crippen molar-refractivity contribution >= 4 is 5.91 Å². The molecule has 0 aromatic heterocycles. The van der Waals surface area contributed by atoms with Gasteiger partial charge in [-0.25, -0.2) is 0 Å². The summed E-state index contributed by atoms with van der Waals surface area (Å²) in [7, 11) is 0. The fourth-order valence-electron chi connectivity index (χ4n) is 3.69. The summed E-state index contributed by atoms with van der Waals surface area (Å²) in [5, 5.41) is 12.7. The number of benzene rings is 1. The van der Waals surface area contributed by atoms with Gasteiger partial charge in [0.15, 0.2) is 0 Å². The second kappa shape index (κ2) is 7.45. The van der Waals surface area contributed by atoms with Crippen LogP contribution in [0.25, 0.3) is 0 Å². The number of nitrogens with one attached hydrogen (secondary N) is 1. The third-order valence-corrected chi connectivity index (χ3v) is 5.29. The number of nitrogens with zero attached hydrogens (tertiary/aromatic N) is 1. The van der Waals surface area contributed by atoms with Gasteiger partial charge in [0.2, 0.25) is 5.91 Å². The van der Waals surface area contributed by atoms with Crippen LogP contribution in [0.5, 0.6) is 0 Å². The fraction of sp³-hybridized carbons (Fsp3) is 0.632. The molecule has 4 heteroatoms. The Morgan fingerprint density at radius 2 is 1.96 bits per heavy atom. The molecule has 2 atom stereocenters. The zero-order chi connectivity index (χ0) is 16.2. The summed E-state index contributed by atoms with van der Waals surface area (Å²) in [6, 6.07) is 8.64. The lowest BCUT2D eigenvalue weighted by molar-refractivity contribution is -0.134. The van der Waals surface area contributed by atoms with E-state index in [0.29, 0.717) is 13.0 Å². The Hall–Kier alpha value is -1.39. The number of likely N-dealkylation sites (tertiary alicyclic amines) is 1. The van der Waals surface area contributed by atoms with Gasteiger partial charge >= 0.3 is 0 Å². The Morgan fingerprint density at radius 1 is 1.26 bits per heavy atom. The van der Waals surface area contributed by atoms with Crippen LogP contribution in [-0.2, 0) is 11.2 Å². The Labute approximate surface area is 138 Å². The lowest BCUT2D eigenvalue weighted by Crippen LogP contribution is -2.47. The maximum atomic E-state index is 12.4. The van der Waals surface area contributed by atoms with Crippen LogP contribution < -0.4 is 5.32 Å². The molecule has 2 N–H and O–H groups in total. The molecule has 1 aromatic carbocycles. The van der Waals surface area contributed by atoms with Crippen molar-refractivity contribution in [3.05, 3.63) is 35.4 Å². The van der Waals surface area contributed by atoms with E-state index in [1.165, 1.54) is 17.5 Å². The number of amides is 1. The quantitative estimate of drug-likeness (QED) is 0.892. The number of piperidine rings is 1. The average molecular weight is 316 g/mol. The van der Waals surface area contributed by atoms with E-state index >= 15 is 0 Å². The minimum absolute atomic E-state index is 0.172. The first-order valence-corrected chi connectivity index (χ1v) is 8.87. The number of aryl methyl sites for hydroxylation is 2. The zero-order valence-electron chi connectivity index (χ0n) is 14.0. The van der Waals surface area contributed by atoms with E-state index < -0.39 is 0 Å². The average Bonchev–Trinajstić information content (AvgIpc) is 3.01. The van der Waals surface area contributed by atoms with Crippen molar-refractivity contribution in [3.63, 3.8) is 0 Å². The monoisotopic (exact) mass is 316 g/mol. The van der Waals surface area contributed by atoms with Crippen molar-refractivity contribution in [2.24, 2.45) is 5.92 Å². The predicted octanol–water partition coefficient (Wildman–Crippen LogP) is 1.89. The van der Waals surface area contributed by atoms with Crippen molar-refractivity contribution in [1.29, 1.82) is 0 Å². The number of hydrogen-bond donors (Lipinski definition) is 2. The van der Waals surface area contributed by atoms with Gasteiger partial charge in [0.25, 0.3) is 0 Å². The van der Waals surface area contributed by atoms with Crippen molar-refractivity contribution < 1.29 is 9.90 Å². The SMILES string of the molecule is Cc1ccc(CCC2CCN(C(=O)C3CC(O)CN3)CC2)cc1. The minimum Gasteiger partial charge on any atom is -0.392 e. The number of rotatable bonds is 4. The van der Waals surface area contributed by atoms with E-state index in [2.05, 4.69) is 36.5 Å². The van der Waals surface area contributed by atoms with Crippen LogP contribution in [0.15, 0.2) is 24.3 Å². The molecule has 0 saturated carbocycles. The highest BCUT2D eigenvalue weighted by atomic mass is 16.3. The molecule has 2 saturated heterocycles. The van der Waals surface area contributed by atoms with Gasteiger partial charge in [-0.2, -0.15) is 0 Å². The first-order valence-electron chi connectivity index (χ1n) is 8.87. The Kier molecular flexibility index (Phi) is 5.34. The second-order valence-corrected chi connectivity index (χ2v) is 7.14. The van der Waals surface area contributed by atoms with Gasteiger partial charge in [-0.1, -0.05) is 29.8 Å². The van der Waals surface area contributed by atoms with Gasteiger partial charge in [0.1, 0.15) is 0 Å². The highest BCUT2D eigenvalue weighted by Crippen LogP contribution is 2.24. The maximum Gasteiger partial charge on any atom is 0.239 e. The molecule has 2 aliphatic rings. The number of β-amino-alcohol motifs (C(OH)–C–C–N with tert-alkyl or cyclic N) is 1. The molecule has 0 radical (unpaired) electrons. The number of aliphatic hydroxyl groups excluding tert-OH is 1. The molecular weight excluding hydrogens is 288 g/mol. The van der Waals surface area contributed by atoms with E-state index in [0.717, 1.165) is 38.3 Å². The van der Waals surface area contributed by atoms with Crippen LogP contribution in [0.4, 0.5) is 0 Å². The molecule has 2 fully saturated rings. The van der Waals surface area contributed by atoms with E-state index in [9.17, 15) is 9.90 Å². The molecular formula is C19H28N2O2. The molecule has 3 rings (SSSR count). The van der Waals surface area contributed by atoms with Gasteiger partial charge in [-0.3, -0.25) is 4.79 Å². The van der Waals surface area contributed by atoms with Crippen molar-refractivity contribution in [2.45, 2.75) is 51.2 Å². The van der Waals surface area contributed by atoms with Gasteiger partial charge < -0.3 is 15.3 Å². The predicted molar refractivity (Wildman–Crippen MR) is 91.2 cm³/mol. The minimum atomic E-state index is -0.365. The van der Waals surface area contributed by atoms with Gasteiger partial charge in [-0.15, -0.1) is 0 Å². The molecule has 0 spiro atoms. The van der Waals surface area contributed by atoms with E-state index in [-0.39, 0.29) is 18.1 Å². The van der Waals surface area contributed by atoms with E-state index in [1.807, 2.05) is 4.90 Å². The molecule has 2 aliphatic heterocycles. The molecule has 4 nitrogen and oxygen atoms in total. The summed E-state index contributed by atoms with van der Waals surface area (Å²) in [5.74, 6) is 0.904. The topological polar surface area (TPSA) is 52.6 Å². The molecule has 23 heavy (non-hydrogen) atoms. The summed E-state index contributed by atoms with van der Waals surface area (Å²) in [5.41, 5.74) is 2.73. The van der Waals surface area contributed by atoms with E-state index in [4.69, 9.17) is 0 Å². The number of carbonyl (C=O) groups excluding carboxylic acids is 1. The summed E-state index contributed by atoms with van der Waals surface area (Å²) in [6.45, 7) is 4.40. The normalized spacial score (nSPS) is 25.7. The second-order valence-electron chi connectivity index (χ2n) is 7.14. The van der Waals surface area contributed by atoms with Crippen molar-refractivity contribution in [1.82, 2.24) is 10.2 Å². The molecule has 0 aliphatic carbocycles. The number of aliphatic hydroxyl groups is 1. The largest absolute Gasteiger partial charge is 0.392 e. The number of hydrogen-bond acceptors (Lipinski definition) is 3. The van der Waals surface area contributed by atoms with Crippen LogP contribution in [0.1, 0.15) is 36.8 Å². The molecule has 1 aromatic rings. The zero-order valence-corrected chi connectivity index (χ0v) is 14.0. The third kappa shape index (κ3) is 4.33. The van der Waals surface area contributed by atoms with Crippen LogP contribution >= 0.6 is 0 Å². The standard InChI is InChI=1S/C19H28N2O2/c1-14-2-4-15(5-3-14)6-7-16-8-10-21(11-9-16)19(23)18-12-17(22)13-20-18/h2-5,16-18,20,22H,6-13H2,1H3. The first-order chi connectivity index (χ1) is 11.1. The van der Waals surface area contributed by atoms with Gasteiger partial charge in [0.05, 0.1) is 12.1 Å². The third-order valence-electron chi connectivity index (χ3n) is 5.29. The van der Waals surface area contributed by atoms with Crippen LogP contribution in [0, 0.1) is 12.8 Å². The molecule has 1 amide bonds. The van der Waals surface area contributed by atoms with Crippen molar-refractivity contribution in [3.8, 4) is 0 Å². The lowest BCUT2D eigenvalue weighted by atomic mass is 9.90. The Bertz CT molecular complexity index is 521. The smallest absolute Gasteiger partial charge is 0.239 e. The van der Waals surface area contributed by atoms with Crippen LogP contribution in [0.3, 0.4) is 0 Å². The van der Waals surface area contributed by atoms with Crippen LogP contribution in [-0.4, -0.2) is 47.7 Å². The van der Waals surface area contributed by atoms with E-state index in [1.54, 1.807) is 0 Å². The molecule has 2 unspecified atom stereocenters. The first kappa shape index (κ1) is 16.5. The van der Waals surface area contributed by atoms with Crippen molar-refractivity contribution in [2.75, 3.05) is 19.6 Å². The number of carbonyl (C=O) groups is 1. The lowest BCUT2D eigenvalue weighted by Gasteiger charge is -2.33. The van der Waals surface area contributed by atoms with Crippen LogP contribution in [0.2, 0.25) is 0 Å².